The third kappa shape index (κ3) is 9.56. The third-order valence-corrected chi connectivity index (χ3v) is 7.53. The Labute approximate surface area is 243 Å². The van der Waals surface area contributed by atoms with E-state index in [-0.39, 0.29) is 35.7 Å². The lowest BCUT2D eigenvalue weighted by molar-refractivity contribution is -0.384. The Bertz CT molecular complexity index is 1270. The fraction of sp³-hybridized carbons (Fsp3) is 0.310. The molecular formula is C29H31Cl2N3O4S. The second-order valence-electron chi connectivity index (χ2n) is 9.52. The number of carbonyl (C=O) groups excluding carboxylic acids is 2. The number of thioether (sulfide) groups is 1. The Morgan fingerprint density at radius 2 is 1.69 bits per heavy atom. The molecule has 2 amide bonds. The highest BCUT2D eigenvalue weighted by Gasteiger charge is 2.30. The van der Waals surface area contributed by atoms with Gasteiger partial charge in [0.1, 0.15) is 6.04 Å². The van der Waals surface area contributed by atoms with Crippen molar-refractivity contribution in [2.24, 2.45) is 5.92 Å². The van der Waals surface area contributed by atoms with Gasteiger partial charge in [0, 0.05) is 47.4 Å². The van der Waals surface area contributed by atoms with Crippen molar-refractivity contribution in [1.29, 1.82) is 0 Å². The highest BCUT2D eigenvalue weighted by atomic mass is 35.5. The standard InChI is InChI=1S/C29H31Cl2N3O4S/c1-20(2)16-32-29(36)27(14-21-6-4-3-5-7-21)33(17-23-10-11-24(30)15-26(23)31)28(35)19-39-18-22-8-12-25(13-9-22)34(37)38/h3-13,15,20,27H,14,16-19H2,1-2H3,(H,32,36)/t27-/m1/s1. The van der Waals surface area contributed by atoms with Gasteiger partial charge in [0.25, 0.3) is 5.69 Å². The van der Waals surface area contributed by atoms with Crippen molar-refractivity contribution >= 4 is 52.5 Å². The van der Waals surface area contributed by atoms with Gasteiger partial charge in [-0.3, -0.25) is 19.7 Å². The van der Waals surface area contributed by atoms with Gasteiger partial charge in [-0.25, -0.2) is 0 Å². The number of carbonyl (C=O) groups is 2. The summed E-state index contributed by atoms with van der Waals surface area (Å²) in [6.07, 6.45) is 0.342. The monoisotopic (exact) mass is 587 g/mol. The first-order valence-electron chi connectivity index (χ1n) is 12.5. The van der Waals surface area contributed by atoms with Crippen LogP contribution < -0.4 is 5.32 Å². The molecule has 39 heavy (non-hydrogen) atoms. The van der Waals surface area contributed by atoms with Gasteiger partial charge in [0.15, 0.2) is 0 Å². The van der Waals surface area contributed by atoms with Gasteiger partial charge in [-0.15, -0.1) is 11.8 Å². The van der Waals surface area contributed by atoms with Crippen LogP contribution in [0.15, 0.2) is 72.8 Å². The fourth-order valence-electron chi connectivity index (χ4n) is 3.86. The van der Waals surface area contributed by atoms with E-state index in [9.17, 15) is 19.7 Å². The van der Waals surface area contributed by atoms with E-state index in [0.717, 1.165) is 11.1 Å². The number of rotatable bonds is 13. The lowest BCUT2D eigenvalue weighted by Gasteiger charge is -2.32. The normalized spacial score (nSPS) is 11.7. The minimum absolute atomic E-state index is 0.0157. The number of nitrogens with one attached hydrogen (secondary N) is 1. The van der Waals surface area contributed by atoms with Crippen LogP contribution >= 0.6 is 35.0 Å². The maximum absolute atomic E-state index is 13.7. The summed E-state index contributed by atoms with van der Waals surface area (Å²) < 4.78 is 0. The lowest BCUT2D eigenvalue weighted by Crippen LogP contribution is -2.51. The summed E-state index contributed by atoms with van der Waals surface area (Å²) in [6, 6.07) is 20.2. The molecule has 0 aliphatic carbocycles. The molecular weight excluding hydrogens is 557 g/mol. The molecule has 0 saturated heterocycles. The summed E-state index contributed by atoms with van der Waals surface area (Å²) >= 11 is 13.9. The van der Waals surface area contributed by atoms with Crippen molar-refractivity contribution in [3.63, 3.8) is 0 Å². The summed E-state index contributed by atoms with van der Waals surface area (Å²) in [7, 11) is 0. The van der Waals surface area contributed by atoms with E-state index in [1.807, 2.05) is 44.2 Å². The van der Waals surface area contributed by atoms with Crippen LogP contribution in [0.5, 0.6) is 0 Å². The predicted molar refractivity (Wildman–Crippen MR) is 158 cm³/mol. The molecule has 0 unspecified atom stereocenters. The quantitative estimate of drug-likeness (QED) is 0.181. The van der Waals surface area contributed by atoms with Gasteiger partial charge in [0.2, 0.25) is 11.8 Å². The minimum atomic E-state index is -0.759. The number of halogens is 2. The summed E-state index contributed by atoms with van der Waals surface area (Å²) in [5.74, 6) is 0.408. The fourth-order valence-corrected chi connectivity index (χ4v) is 5.20. The molecule has 3 aromatic carbocycles. The van der Waals surface area contributed by atoms with Crippen molar-refractivity contribution in [1.82, 2.24) is 10.2 Å². The summed E-state index contributed by atoms with van der Waals surface area (Å²) in [5.41, 5.74) is 2.49. The third-order valence-electron chi connectivity index (χ3n) is 5.95. The van der Waals surface area contributed by atoms with E-state index in [0.29, 0.717) is 34.3 Å². The van der Waals surface area contributed by atoms with Crippen molar-refractivity contribution in [3.05, 3.63) is 110 Å². The van der Waals surface area contributed by atoms with Gasteiger partial charge in [-0.1, -0.05) is 85.6 Å². The van der Waals surface area contributed by atoms with Crippen LogP contribution in [-0.2, 0) is 28.3 Å². The molecule has 0 fully saturated rings. The number of non-ortho nitro benzene ring substituents is 1. The van der Waals surface area contributed by atoms with Crippen LogP contribution in [0.25, 0.3) is 0 Å². The summed E-state index contributed by atoms with van der Waals surface area (Å²) in [4.78, 5) is 39.2. The van der Waals surface area contributed by atoms with Crippen LogP contribution in [0.3, 0.4) is 0 Å². The highest BCUT2D eigenvalue weighted by molar-refractivity contribution is 7.99. The number of hydrogen-bond acceptors (Lipinski definition) is 5. The van der Waals surface area contributed by atoms with E-state index in [4.69, 9.17) is 23.2 Å². The molecule has 1 N–H and O–H groups in total. The second kappa shape index (κ2) is 14.9. The molecule has 0 heterocycles. The van der Waals surface area contributed by atoms with Gasteiger partial charge in [-0.05, 0) is 34.7 Å². The first-order valence-corrected chi connectivity index (χ1v) is 14.4. The summed E-state index contributed by atoms with van der Waals surface area (Å²) in [5, 5.41) is 14.8. The Morgan fingerprint density at radius 3 is 2.31 bits per heavy atom. The molecule has 1 atom stereocenters. The molecule has 0 saturated carbocycles. The number of amides is 2. The zero-order valence-corrected chi connectivity index (χ0v) is 24.1. The molecule has 0 bridgehead atoms. The Morgan fingerprint density at radius 1 is 1.00 bits per heavy atom. The number of nitrogens with zero attached hydrogens (tertiary/aromatic N) is 2. The number of benzene rings is 3. The molecule has 7 nitrogen and oxygen atoms in total. The Hall–Kier alpha value is -3.07. The van der Waals surface area contributed by atoms with E-state index in [2.05, 4.69) is 5.32 Å². The van der Waals surface area contributed by atoms with E-state index in [1.54, 1.807) is 35.2 Å². The Kier molecular flexibility index (Phi) is 11.7. The second-order valence-corrected chi connectivity index (χ2v) is 11.3. The average Bonchev–Trinajstić information content (AvgIpc) is 2.91. The maximum Gasteiger partial charge on any atom is 0.269 e. The van der Waals surface area contributed by atoms with Crippen LogP contribution in [0.1, 0.15) is 30.5 Å². The predicted octanol–water partition coefficient (Wildman–Crippen LogP) is 6.55. The first kappa shape index (κ1) is 30.5. The smallest absolute Gasteiger partial charge is 0.269 e. The van der Waals surface area contributed by atoms with Gasteiger partial charge >= 0.3 is 0 Å². The molecule has 0 aliphatic rings. The van der Waals surface area contributed by atoms with Gasteiger partial charge < -0.3 is 10.2 Å². The molecule has 0 radical (unpaired) electrons. The minimum Gasteiger partial charge on any atom is -0.354 e. The van der Waals surface area contributed by atoms with Gasteiger partial charge in [-0.2, -0.15) is 0 Å². The zero-order chi connectivity index (χ0) is 28.4. The van der Waals surface area contributed by atoms with E-state index >= 15 is 0 Å². The summed E-state index contributed by atoms with van der Waals surface area (Å²) in [6.45, 7) is 4.65. The largest absolute Gasteiger partial charge is 0.354 e. The average molecular weight is 589 g/mol. The topological polar surface area (TPSA) is 92.6 Å². The molecule has 3 aromatic rings. The van der Waals surface area contributed by atoms with E-state index in [1.165, 1.54) is 23.9 Å². The molecule has 3 rings (SSSR count). The zero-order valence-electron chi connectivity index (χ0n) is 21.8. The molecule has 10 heteroatoms. The molecule has 0 aromatic heterocycles. The number of nitro groups is 1. The van der Waals surface area contributed by atoms with Crippen molar-refractivity contribution in [2.75, 3.05) is 12.3 Å². The van der Waals surface area contributed by atoms with E-state index < -0.39 is 11.0 Å². The van der Waals surface area contributed by atoms with Crippen molar-refractivity contribution < 1.29 is 14.5 Å². The van der Waals surface area contributed by atoms with Crippen LogP contribution in [0.2, 0.25) is 10.0 Å². The Balaban J connectivity index is 1.85. The molecule has 206 valence electrons. The maximum atomic E-state index is 13.7. The van der Waals surface area contributed by atoms with Crippen LogP contribution in [0, 0.1) is 16.0 Å². The molecule has 0 aliphatic heterocycles. The van der Waals surface area contributed by atoms with Crippen molar-refractivity contribution in [3.8, 4) is 0 Å². The van der Waals surface area contributed by atoms with Crippen LogP contribution in [-0.4, -0.2) is 40.0 Å². The lowest BCUT2D eigenvalue weighted by atomic mass is 10.0. The van der Waals surface area contributed by atoms with Gasteiger partial charge in [0.05, 0.1) is 10.7 Å². The SMILES string of the molecule is CC(C)CNC(=O)[C@@H](Cc1ccccc1)N(Cc1ccc(Cl)cc1Cl)C(=O)CSCc1ccc([N+](=O)[O-])cc1. The number of hydrogen-bond donors (Lipinski definition) is 1. The number of nitro benzene ring substituents is 1. The first-order chi connectivity index (χ1) is 18.6. The molecule has 0 spiro atoms. The van der Waals surface area contributed by atoms with Crippen molar-refractivity contribution in [2.45, 2.75) is 38.6 Å². The van der Waals surface area contributed by atoms with Crippen LogP contribution in [0.4, 0.5) is 5.69 Å². The highest BCUT2D eigenvalue weighted by Crippen LogP contribution is 2.25.